The van der Waals surface area contributed by atoms with Crippen LogP contribution in [0.15, 0.2) is 23.8 Å². The second-order valence-electron chi connectivity index (χ2n) is 5.16. The molecule has 0 aliphatic carbocycles. The third kappa shape index (κ3) is 5.26. The molecule has 0 heteroatoms. The molecule has 0 aromatic carbocycles. The van der Waals surface area contributed by atoms with Crippen molar-refractivity contribution in [1.29, 1.82) is 0 Å². The Morgan fingerprint density at radius 1 is 1.14 bits per heavy atom. The van der Waals surface area contributed by atoms with Gasteiger partial charge in [0.15, 0.2) is 0 Å². The average Bonchev–Trinajstić information content (AvgIpc) is 1.97. The van der Waals surface area contributed by atoms with Crippen LogP contribution >= 0.6 is 0 Å². The van der Waals surface area contributed by atoms with Gasteiger partial charge in [-0.1, -0.05) is 51.5 Å². The molecular weight excluding hydrogens is 168 g/mol. The van der Waals surface area contributed by atoms with Gasteiger partial charge in [-0.3, -0.25) is 0 Å². The molecule has 0 rings (SSSR count). The summed E-state index contributed by atoms with van der Waals surface area (Å²) in [6, 6.07) is 0. The van der Waals surface area contributed by atoms with Crippen LogP contribution in [-0.4, -0.2) is 0 Å². The molecule has 0 heterocycles. The van der Waals surface area contributed by atoms with E-state index in [1.165, 1.54) is 17.6 Å². The van der Waals surface area contributed by atoms with Crippen molar-refractivity contribution >= 4 is 0 Å². The third-order valence-corrected chi connectivity index (χ3v) is 2.60. The molecule has 0 nitrogen and oxygen atoms in total. The molecule has 14 heavy (non-hydrogen) atoms. The van der Waals surface area contributed by atoms with Crippen LogP contribution in [0.1, 0.15) is 48.0 Å². The van der Waals surface area contributed by atoms with Crippen molar-refractivity contribution in [3.63, 3.8) is 0 Å². The normalized spacial score (nSPS) is 15.0. The number of rotatable bonds is 5. The molecule has 0 bridgehead atoms. The van der Waals surface area contributed by atoms with Crippen LogP contribution in [0.3, 0.4) is 0 Å². The summed E-state index contributed by atoms with van der Waals surface area (Å²) >= 11 is 0. The first-order valence-corrected chi connectivity index (χ1v) is 5.67. The van der Waals surface area contributed by atoms with E-state index in [1.807, 2.05) is 0 Å². The molecule has 1 unspecified atom stereocenters. The standard InChI is InChI=1S/C14H26/c1-10(2)8-13(7)9-14(11(3)4)12(5)6/h8,10,12,14H,3,9H2,1-2,4-7H3. The Bertz CT molecular complexity index is 206. The van der Waals surface area contributed by atoms with E-state index in [0.717, 1.165) is 0 Å². The van der Waals surface area contributed by atoms with Gasteiger partial charge in [0.2, 0.25) is 0 Å². The van der Waals surface area contributed by atoms with Crippen molar-refractivity contribution in [3.05, 3.63) is 23.8 Å². The monoisotopic (exact) mass is 194 g/mol. The van der Waals surface area contributed by atoms with Gasteiger partial charge in [0, 0.05) is 0 Å². The third-order valence-electron chi connectivity index (χ3n) is 2.60. The van der Waals surface area contributed by atoms with E-state index in [0.29, 0.717) is 17.8 Å². The van der Waals surface area contributed by atoms with Crippen molar-refractivity contribution in [2.75, 3.05) is 0 Å². The van der Waals surface area contributed by atoms with Gasteiger partial charge in [-0.25, -0.2) is 0 Å². The van der Waals surface area contributed by atoms with E-state index < -0.39 is 0 Å². The molecule has 0 aliphatic heterocycles. The summed E-state index contributed by atoms with van der Waals surface area (Å²) in [5.41, 5.74) is 2.82. The fourth-order valence-corrected chi connectivity index (χ4v) is 1.96. The zero-order valence-corrected chi connectivity index (χ0v) is 10.7. The van der Waals surface area contributed by atoms with Crippen molar-refractivity contribution in [2.45, 2.75) is 48.0 Å². The molecule has 0 aliphatic rings. The largest absolute Gasteiger partial charge is 0.0998 e. The lowest BCUT2D eigenvalue weighted by atomic mass is 9.84. The fourth-order valence-electron chi connectivity index (χ4n) is 1.96. The maximum atomic E-state index is 4.08. The van der Waals surface area contributed by atoms with Crippen LogP contribution in [-0.2, 0) is 0 Å². The van der Waals surface area contributed by atoms with Crippen LogP contribution in [0.4, 0.5) is 0 Å². The fraction of sp³-hybridized carbons (Fsp3) is 0.714. The first-order valence-electron chi connectivity index (χ1n) is 5.67. The summed E-state index contributed by atoms with van der Waals surface area (Å²) in [7, 11) is 0. The van der Waals surface area contributed by atoms with Gasteiger partial charge >= 0.3 is 0 Å². The summed E-state index contributed by atoms with van der Waals surface area (Å²) < 4.78 is 0. The molecule has 0 N–H and O–H groups in total. The van der Waals surface area contributed by atoms with E-state index in [9.17, 15) is 0 Å². The topological polar surface area (TPSA) is 0 Å². The average molecular weight is 194 g/mol. The molecular formula is C14H26. The predicted molar refractivity (Wildman–Crippen MR) is 66.4 cm³/mol. The summed E-state index contributed by atoms with van der Waals surface area (Å²) in [4.78, 5) is 0. The molecule has 0 saturated heterocycles. The van der Waals surface area contributed by atoms with Crippen LogP contribution in [0.25, 0.3) is 0 Å². The van der Waals surface area contributed by atoms with Gasteiger partial charge < -0.3 is 0 Å². The lowest BCUT2D eigenvalue weighted by Crippen LogP contribution is -2.10. The molecule has 0 spiro atoms. The lowest BCUT2D eigenvalue weighted by Gasteiger charge is -2.21. The van der Waals surface area contributed by atoms with Gasteiger partial charge in [0.1, 0.15) is 0 Å². The SMILES string of the molecule is C=C(C)C(CC(C)=CC(C)C)C(C)C. The van der Waals surface area contributed by atoms with Crippen molar-refractivity contribution in [3.8, 4) is 0 Å². The van der Waals surface area contributed by atoms with Crippen molar-refractivity contribution < 1.29 is 0 Å². The van der Waals surface area contributed by atoms with Crippen LogP contribution in [0.2, 0.25) is 0 Å². The van der Waals surface area contributed by atoms with Crippen LogP contribution in [0.5, 0.6) is 0 Å². The molecule has 0 fully saturated rings. The van der Waals surface area contributed by atoms with Crippen LogP contribution in [0, 0.1) is 17.8 Å². The Hall–Kier alpha value is -0.520. The summed E-state index contributed by atoms with van der Waals surface area (Å²) in [5, 5.41) is 0. The maximum Gasteiger partial charge on any atom is -0.0148 e. The minimum atomic E-state index is 0.644. The number of allylic oxidation sites excluding steroid dienone is 3. The Morgan fingerprint density at radius 2 is 1.64 bits per heavy atom. The Morgan fingerprint density at radius 3 is 1.93 bits per heavy atom. The van der Waals surface area contributed by atoms with E-state index in [-0.39, 0.29) is 0 Å². The summed E-state index contributed by atoms with van der Waals surface area (Å²) in [6.45, 7) is 17.5. The van der Waals surface area contributed by atoms with E-state index in [2.05, 4.69) is 54.2 Å². The Labute approximate surface area is 90.1 Å². The highest BCUT2D eigenvalue weighted by molar-refractivity contribution is 5.08. The lowest BCUT2D eigenvalue weighted by molar-refractivity contribution is 0.439. The zero-order valence-electron chi connectivity index (χ0n) is 10.7. The van der Waals surface area contributed by atoms with Gasteiger partial charge in [0.25, 0.3) is 0 Å². The molecule has 82 valence electrons. The van der Waals surface area contributed by atoms with Gasteiger partial charge in [-0.05, 0) is 38.0 Å². The highest BCUT2D eigenvalue weighted by Gasteiger charge is 2.14. The van der Waals surface area contributed by atoms with Gasteiger partial charge in [0.05, 0.1) is 0 Å². The minimum absolute atomic E-state index is 0.644. The molecule has 0 amide bonds. The second kappa shape index (κ2) is 6.06. The van der Waals surface area contributed by atoms with E-state index >= 15 is 0 Å². The van der Waals surface area contributed by atoms with E-state index in [1.54, 1.807) is 0 Å². The van der Waals surface area contributed by atoms with Gasteiger partial charge in [-0.15, -0.1) is 0 Å². The Balaban J connectivity index is 4.38. The Kier molecular flexibility index (Phi) is 5.83. The minimum Gasteiger partial charge on any atom is -0.0998 e. The highest BCUT2D eigenvalue weighted by atomic mass is 14.2. The first-order chi connectivity index (χ1) is 6.34. The molecule has 0 aromatic heterocycles. The predicted octanol–water partition coefficient (Wildman–Crippen LogP) is 4.83. The van der Waals surface area contributed by atoms with Crippen molar-refractivity contribution in [2.24, 2.45) is 17.8 Å². The molecule has 1 atom stereocenters. The second-order valence-corrected chi connectivity index (χ2v) is 5.16. The summed E-state index contributed by atoms with van der Waals surface area (Å²) in [6.07, 6.45) is 3.53. The first kappa shape index (κ1) is 13.5. The highest BCUT2D eigenvalue weighted by Crippen LogP contribution is 2.26. The molecule has 0 radical (unpaired) electrons. The maximum absolute atomic E-state index is 4.08. The van der Waals surface area contributed by atoms with E-state index in [4.69, 9.17) is 0 Å². The molecule has 0 saturated carbocycles. The zero-order chi connectivity index (χ0) is 11.3. The quantitative estimate of drug-likeness (QED) is 0.550. The number of hydrogen-bond donors (Lipinski definition) is 0. The van der Waals surface area contributed by atoms with Gasteiger partial charge in [-0.2, -0.15) is 0 Å². The molecule has 0 aromatic rings. The number of hydrogen-bond acceptors (Lipinski definition) is 0. The smallest absolute Gasteiger partial charge is 0.0148 e. The van der Waals surface area contributed by atoms with Crippen LogP contribution < -0.4 is 0 Å². The summed E-state index contributed by atoms with van der Waals surface area (Å²) in [5.74, 6) is 2.00. The van der Waals surface area contributed by atoms with Crippen molar-refractivity contribution in [1.82, 2.24) is 0 Å².